The Hall–Kier alpha value is -3.03. The van der Waals surface area contributed by atoms with E-state index >= 15 is 0 Å². The lowest BCUT2D eigenvalue weighted by atomic mass is 10.2. The van der Waals surface area contributed by atoms with Crippen molar-refractivity contribution in [3.63, 3.8) is 0 Å². The third kappa shape index (κ3) is 4.03. The molecule has 0 saturated heterocycles. The summed E-state index contributed by atoms with van der Waals surface area (Å²) in [5, 5.41) is 9.29. The Balaban J connectivity index is 1.53. The van der Waals surface area contributed by atoms with Gasteiger partial charge in [0, 0.05) is 13.1 Å². The number of fused-ring (bicyclic) bond motifs is 1. The summed E-state index contributed by atoms with van der Waals surface area (Å²) in [7, 11) is 0. The van der Waals surface area contributed by atoms with Gasteiger partial charge >= 0.3 is 0 Å². The van der Waals surface area contributed by atoms with E-state index in [4.69, 9.17) is 9.47 Å². The van der Waals surface area contributed by atoms with Gasteiger partial charge in [0.1, 0.15) is 6.61 Å². The summed E-state index contributed by atoms with van der Waals surface area (Å²) < 4.78 is 13.2. The minimum Gasteiger partial charge on any atom is -0.486 e. The van der Waals surface area contributed by atoms with Crippen LogP contribution in [0.1, 0.15) is 6.92 Å². The van der Waals surface area contributed by atoms with Gasteiger partial charge < -0.3 is 20.1 Å². The largest absolute Gasteiger partial charge is 0.486 e. The number of rotatable bonds is 5. The van der Waals surface area contributed by atoms with Crippen LogP contribution < -0.4 is 20.1 Å². The van der Waals surface area contributed by atoms with Crippen LogP contribution in [-0.2, 0) is 16.1 Å². The molecule has 1 aromatic heterocycles. The maximum absolute atomic E-state index is 11.6. The van der Waals surface area contributed by atoms with Crippen LogP contribution >= 0.6 is 0 Å². The maximum Gasteiger partial charge on any atom is 0.243 e. The first-order chi connectivity index (χ1) is 11.6. The quantitative estimate of drug-likeness (QED) is 0.845. The second-order valence-electron chi connectivity index (χ2n) is 5.41. The number of benzene rings is 1. The molecule has 0 saturated carbocycles. The van der Waals surface area contributed by atoms with Crippen LogP contribution in [-0.4, -0.2) is 40.9 Å². The lowest BCUT2D eigenvalue weighted by Crippen LogP contribution is -2.33. The molecule has 2 N–H and O–H groups in total. The predicted octanol–water partition coefficient (Wildman–Crippen LogP) is 0.798. The molecule has 0 bridgehead atoms. The van der Waals surface area contributed by atoms with Crippen LogP contribution in [0.2, 0.25) is 0 Å². The van der Waals surface area contributed by atoms with Crippen molar-refractivity contribution in [2.75, 3.05) is 18.5 Å². The van der Waals surface area contributed by atoms with E-state index in [-0.39, 0.29) is 24.5 Å². The van der Waals surface area contributed by atoms with Crippen LogP contribution in [0.4, 0.5) is 5.69 Å². The third-order valence-corrected chi connectivity index (χ3v) is 3.37. The Kier molecular flexibility index (Phi) is 4.64. The summed E-state index contributed by atoms with van der Waals surface area (Å²) in [5.41, 5.74) is 0.558. The van der Waals surface area contributed by atoms with Crippen LogP contribution in [0.5, 0.6) is 11.5 Å². The Morgan fingerprint density at radius 1 is 1.33 bits per heavy atom. The fraction of sp³-hybridized carbons (Fsp3) is 0.312. The van der Waals surface area contributed by atoms with Crippen molar-refractivity contribution in [2.24, 2.45) is 0 Å². The fourth-order valence-electron chi connectivity index (χ4n) is 2.30. The van der Waals surface area contributed by atoms with Gasteiger partial charge in [0.25, 0.3) is 0 Å². The number of hydrogen-bond donors (Lipinski definition) is 2. The van der Waals surface area contributed by atoms with E-state index in [2.05, 4.69) is 15.7 Å². The van der Waals surface area contributed by atoms with Crippen molar-refractivity contribution < 1.29 is 19.1 Å². The molecular formula is C16H18N4O4. The van der Waals surface area contributed by atoms with Crippen LogP contribution in [0.15, 0.2) is 36.7 Å². The second kappa shape index (κ2) is 7.03. The van der Waals surface area contributed by atoms with E-state index < -0.39 is 0 Å². The lowest BCUT2D eigenvalue weighted by Gasteiger charge is -2.26. The number of ether oxygens (including phenoxy) is 2. The molecule has 24 heavy (non-hydrogen) atoms. The number of para-hydroxylation sites is 2. The molecule has 8 nitrogen and oxygen atoms in total. The van der Waals surface area contributed by atoms with E-state index in [0.717, 1.165) is 5.75 Å². The third-order valence-electron chi connectivity index (χ3n) is 3.37. The summed E-state index contributed by atoms with van der Waals surface area (Å²) in [6.45, 7) is 2.21. The van der Waals surface area contributed by atoms with E-state index in [1.807, 2.05) is 24.3 Å². The van der Waals surface area contributed by atoms with Crippen molar-refractivity contribution in [2.45, 2.75) is 19.6 Å². The lowest BCUT2D eigenvalue weighted by molar-refractivity contribution is -0.122. The van der Waals surface area contributed by atoms with Gasteiger partial charge in [-0.25, -0.2) is 0 Å². The molecule has 0 aliphatic carbocycles. The average Bonchev–Trinajstić information content (AvgIpc) is 2.99. The highest BCUT2D eigenvalue weighted by molar-refractivity contribution is 5.93. The summed E-state index contributed by atoms with van der Waals surface area (Å²) in [5.74, 6) is 0.886. The summed E-state index contributed by atoms with van der Waals surface area (Å²) in [4.78, 5) is 22.4. The average molecular weight is 330 g/mol. The standard InChI is InChI=1S/C16H18N4O4/c1-11(21)17-7-16(22)19-12-6-18-20(8-12)9-13-10-23-14-4-2-3-5-15(14)24-13/h2-6,8,13H,7,9-10H2,1H3,(H,17,21)(H,19,22)/t13-/m0/s1. The molecule has 0 spiro atoms. The maximum atomic E-state index is 11.6. The monoisotopic (exact) mass is 330 g/mol. The number of anilines is 1. The van der Waals surface area contributed by atoms with Gasteiger partial charge in [-0.05, 0) is 12.1 Å². The topological polar surface area (TPSA) is 94.5 Å². The minimum absolute atomic E-state index is 0.0725. The van der Waals surface area contributed by atoms with E-state index in [9.17, 15) is 9.59 Å². The normalized spacial score (nSPS) is 15.6. The molecular weight excluding hydrogens is 312 g/mol. The number of amides is 2. The number of hydrogen-bond acceptors (Lipinski definition) is 5. The smallest absolute Gasteiger partial charge is 0.243 e. The SMILES string of the molecule is CC(=O)NCC(=O)Nc1cnn(C[C@H]2COc3ccccc3O2)c1. The summed E-state index contributed by atoms with van der Waals surface area (Å²) >= 11 is 0. The number of carbonyl (C=O) groups excluding carboxylic acids is 2. The van der Waals surface area contributed by atoms with Crippen molar-refractivity contribution in [1.29, 1.82) is 0 Å². The van der Waals surface area contributed by atoms with Crippen molar-refractivity contribution in [3.05, 3.63) is 36.7 Å². The molecule has 1 atom stereocenters. The first-order valence-corrected chi connectivity index (χ1v) is 7.55. The zero-order chi connectivity index (χ0) is 16.9. The number of nitrogens with zero attached hydrogens (tertiary/aromatic N) is 2. The summed E-state index contributed by atoms with van der Waals surface area (Å²) in [6.07, 6.45) is 3.08. The highest BCUT2D eigenvalue weighted by Crippen LogP contribution is 2.31. The van der Waals surface area contributed by atoms with Crippen LogP contribution in [0, 0.1) is 0 Å². The molecule has 1 aliphatic rings. The van der Waals surface area contributed by atoms with Gasteiger partial charge in [-0.1, -0.05) is 12.1 Å². The molecule has 1 aliphatic heterocycles. The Labute approximate surface area is 138 Å². The molecule has 126 valence electrons. The van der Waals surface area contributed by atoms with E-state index in [1.54, 1.807) is 17.1 Å². The molecule has 2 amide bonds. The Morgan fingerprint density at radius 2 is 2.12 bits per heavy atom. The molecule has 2 heterocycles. The molecule has 0 fully saturated rings. The van der Waals surface area contributed by atoms with E-state index in [0.29, 0.717) is 24.6 Å². The zero-order valence-electron chi connectivity index (χ0n) is 13.2. The highest BCUT2D eigenvalue weighted by atomic mass is 16.6. The fourth-order valence-corrected chi connectivity index (χ4v) is 2.30. The molecule has 0 radical (unpaired) electrons. The summed E-state index contributed by atoms with van der Waals surface area (Å²) in [6, 6.07) is 7.51. The minimum atomic E-state index is -0.309. The molecule has 3 rings (SSSR count). The van der Waals surface area contributed by atoms with Crippen molar-refractivity contribution >= 4 is 17.5 Å². The molecule has 8 heteroatoms. The Bertz CT molecular complexity index is 743. The molecule has 2 aromatic rings. The predicted molar refractivity (Wildman–Crippen MR) is 85.9 cm³/mol. The number of carbonyl (C=O) groups is 2. The first kappa shape index (κ1) is 15.9. The van der Waals surface area contributed by atoms with Crippen molar-refractivity contribution in [1.82, 2.24) is 15.1 Å². The number of aromatic nitrogens is 2. The van der Waals surface area contributed by atoms with Gasteiger partial charge in [-0.15, -0.1) is 0 Å². The number of nitrogens with one attached hydrogen (secondary N) is 2. The van der Waals surface area contributed by atoms with Gasteiger partial charge in [-0.3, -0.25) is 14.3 Å². The Morgan fingerprint density at radius 3 is 2.92 bits per heavy atom. The van der Waals surface area contributed by atoms with E-state index in [1.165, 1.54) is 6.92 Å². The molecule has 1 aromatic carbocycles. The second-order valence-corrected chi connectivity index (χ2v) is 5.41. The van der Waals surface area contributed by atoms with Gasteiger partial charge in [0.05, 0.1) is 25.0 Å². The highest BCUT2D eigenvalue weighted by Gasteiger charge is 2.21. The van der Waals surface area contributed by atoms with Gasteiger partial charge in [0.2, 0.25) is 11.8 Å². The van der Waals surface area contributed by atoms with Gasteiger partial charge in [-0.2, -0.15) is 5.10 Å². The van der Waals surface area contributed by atoms with Crippen molar-refractivity contribution in [3.8, 4) is 11.5 Å². The first-order valence-electron chi connectivity index (χ1n) is 7.55. The van der Waals surface area contributed by atoms with Crippen LogP contribution in [0.3, 0.4) is 0 Å². The van der Waals surface area contributed by atoms with Crippen LogP contribution in [0.25, 0.3) is 0 Å². The molecule has 0 unspecified atom stereocenters. The van der Waals surface area contributed by atoms with Gasteiger partial charge in [0.15, 0.2) is 17.6 Å². The zero-order valence-corrected chi connectivity index (χ0v) is 13.2.